The fourth-order valence-electron chi connectivity index (χ4n) is 3.36. The number of urea groups is 1. The number of carbonyl (C=O) groups is 2. The fourth-order valence-corrected chi connectivity index (χ4v) is 4.05. The Kier molecular flexibility index (Phi) is 5.48. The van der Waals surface area contributed by atoms with Crippen molar-refractivity contribution < 1.29 is 14.3 Å². The van der Waals surface area contributed by atoms with Crippen LogP contribution in [0.15, 0.2) is 60.0 Å². The molecule has 0 aliphatic carbocycles. The van der Waals surface area contributed by atoms with Crippen molar-refractivity contribution in [3.63, 3.8) is 0 Å². The summed E-state index contributed by atoms with van der Waals surface area (Å²) in [4.78, 5) is 27.6. The van der Waals surface area contributed by atoms with Crippen molar-refractivity contribution in [3.8, 4) is 5.75 Å². The zero-order chi connectivity index (χ0) is 20.2. The lowest BCUT2D eigenvalue weighted by Gasteiger charge is -2.29. The first-order valence-electron chi connectivity index (χ1n) is 9.29. The van der Waals surface area contributed by atoms with Gasteiger partial charge in [-0.25, -0.2) is 4.79 Å². The van der Waals surface area contributed by atoms with Gasteiger partial charge >= 0.3 is 6.03 Å². The molecule has 1 aliphatic heterocycles. The number of fused-ring (bicyclic) bond motifs is 1. The van der Waals surface area contributed by atoms with Gasteiger partial charge in [0, 0.05) is 30.5 Å². The lowest BCUT2D eigenvalue weighted by Crippen LogP contribution is -2.35. The number of hydrogen-bond acceptors (Lipinski definition) is 4. The monoisotopic (exact) mass is 407 g/mol. The van der Waals surface area contributed by atoms with Crippen LogP contribution < -0.4 is 15.4 Å². The number of rotatable bonds is 4. The van der Waals surface area contributed by atoms with E-state index in [1.165, 1.54) is 16.9 Å². The van der Waals surface area contributed by atoms with Gasteiger partial charge in [-0.05, 0) is 53.3 Å². The number of thiophene rings is 1. The highest BCUT2D eigenvalue weighted by molar-refractivity contribution is 7.12. The molecule has 29 heavy (non-hydrogen) atoms. The fraction of sp³-hybridized carbons (Fsp3) is 0.182. The molecule has 7 heteroatoms. The predicted octanol–water partition coefficient (Wildman–Crippen LogP) is 4.60. The Morgan fingerprint density at radius 3 is 2.59 bits per heavy atom. The third kappa shape index (κ3) is 4.41. The Morgan fingerprint density at radius 2 is 1.83 bits per heavy atom. The second-order valence-electron chi connectivity index (χ2n) is 6.75. The number of nitrogens with zero attached hydrogens (tertiary/aromatic N) is 1. The van der Waals surface area contributed by atoms with Crippen molar-refractivity contribution in [1.82, 2.24) is 4.90 Å². The van der Waals surface area contributed by atoms with E-state index in [1.54, 1.807) is 19.2 Å². The SMILES string of the molecule is COc1cccc(NC(=O)Nc2ccc3c(c2)CN(C(=O)c2cccs2)CC3)c1. The number of hydrogen-bond donors (Lipinski definition) is 2. The molecule has 1 aliphatic rings. The second kappa shape index (κ2) is 8.36. The van der Waals surface area contributed by atoms with E-state index in [0.717, 1.165) is 16.9 Å². The molecule has 2 heterocycles. The molecule has 4 rings (SSSR count). The summed E-state index contributed by atoms with van der Waals surface area (Å²) in [7, 11) is 1.58. The van der Waals surface area contributed by atoms with Crippen LogP contribution in [0.25, 0.3) is 0 Å². The number of benzene rings is 2. The molecule has 2 aromatic carbocycles. The van der Waals surface area contributed by atoms with E-state index in [9.17, 15) is 9.59 Å². The van der Waals surface area contributed by atoms with Gasteiger partial charge in [-0.1, -0.05) is 18.2 Å². The molecule has 0 radical (unpaired) electrons. The van der Waals surface area contributed by atoms with Gasteiger partial charge in [0.15, 0.2) is 0 Å². The highest BCUT2D eigenvalue weighted by atomic mass is 32.1. The normalized spacial score (nSPS) is 12.8. The van der Waals surface area contributed by atoms with Crippen LogP contribution >= 0.6 is 11.3 Å². The van der Waals surface area contributed by atoms with Crippen LogP contribution in [0.2, 0.25) is 0 Å². The van der Waals surface area contributed by atoms with Crippen LogP contribution in [0.1, 0.15) is 20.8 Å². The summed E-state index contributed by atoms with van der Waals surface area (Å²) in [5.74, 6) is 0.729. The van der Waals surface area contributed by atoms with Crippen LogP contribution in [-0.4, -0.2) is 30.5 Å². The van der Waals surface area contributed by atoms with Crippen molar-refractivity contribution in [1.29, 1.82) is 0 Å². The van der Waals surface area contributed by atoms with Gasteiger partial charge in [-0.3, -0.25) is 4.79 Å². The Labute approximate surface area is 173 Å². The molecular formula is C22H21N3O3S. The van der Waals surface area contributed by atoms with Gasteiger partial charge in [0.2, 0.25) is 0 Å². The number of carbonyl (C=O) groups excluding carboxylic acids is 2. The van der Waals surface area contributed by atoms with Gasteiger partial charge < -0.3 is 20.3 Å². The average Bonchev–Trinajstić information content (AvgIpc) is 3.27. The van der Waals surface area contributed by atoms with Crippen molar-refractivity contribution in [2.75, 3.05) is 24.3 Å². The maximum atomic E-state index is 12.6. The Bertz CT molecular complexity index is 1030. The third-order valence-electron chi connectivity index (χ3n) is 4.82. The minimum absolute atomic E-state index is 0.0554. The summed E-state index contributed by atoms with van der Waals surface area (Å²) in [5.41, 5.74) is 3.60. The number of amides is 3. The molecule has 1 aromatic heterocycles. The summed E-state index contributed by atoms with van der Waals surface area (Å²) in [6.45, 7) is 1.24. The maximum Gasteiger partial charge on any atom is 0.323 e. The zero-order valence-corrected chi connectivity index (χ0v) is 16.8. The van der Waals surface area contributed by atoms with Crippen LogP contribution in [0.3, 0.4) is 0 Å². The van der Waals surface area contributed by atoms with Crippen LogP contribution in [0.5, 0.6) is 5.75 Å². The number of methoxy groups -OCH3 is 1. The molecule has 0 saturated heterocycles. The largest absolute Gasteiger partial charge is 0.497 e. The van der Waals surface area contributed by atoms with Gasteiger partial charge in [0.1, 0.15) is 5.75 Å². The van der Waals surface area contributed by atoms with Gasteiger partial charge in [0.05, 0.1) is 12.0 Å². The number of ether oxygens (including phenoxy) is 1. The van der Waals surface area contributed by atoms with Crippen LogP contribution in [-0.2, 0) is 13.0 Å². The Hall–Kier alpha value is -3.32. The molecule has 0 bridgehead atoms. The first-order chi connectivity index (χ1) is 14.1. The van der Waals surface area contributed by atoms with E-state index < -0.39 is 0 Å². The minimum Gasteiger partial charge on any atom is -0.497 e. The Morgan fingerprint density at radius 1 is 1.00 bits per heavy atom. The predicted molar refractivity (Wildman–Crippen MR) is 115 cm³/mol. The molecule has 2 N–H and O–H groups in total. The zero-order valence-electron chi connectivity index (χ0n) is 16.0. The first-order valence-corrected chi connectivity index (χ1v) is 10.2. The third-order valence-corrected chi connectivity index (χ3v) is 5.68. The first kappa shape index (κ1) is 19.0. The van der Waals surface area contributed by atoms with Crippen molar-refractivity contribution in [3.05, 3.63) is 76.0 Å². The van der Waals surface area contributed by atoms with Gasteiger partial charge in [0.25, 0.3) is 5.91 Å². The Balaban J connectivity index is 1.43. The van der Waals surface area contributed by atoms with Crippen molar-refractivity contribution >= 4 is 34.6 Å². The maximum absolute atomic E-state index is 12.6. The molecule has 148 valence electrons. The lowest BCUT2D eigenvalue weighted by atomic mass is 9.99. The average molecular weight is 407 g/mol. The van der Waals surface area contributed by atoms with Gasteiger partial charge in [-0.15, -0.1) is 11.3 Å². The lowest BCUT2D eigenvalue weighted by molar-refractivity contribution is 0.0739. The van der Waals surface area contributed by atoms with E-state index in [1.807, 2.05) is 52.7 Å². The van der Waals surface area contributed by atoms with Crippen LogP contribution in [0, 0.1) is 0 Å². The summed E-state index contributed by atoms with van der Waals surface area (Å²) in [6.07, 6.45) is 0.808. The molecule has 3 amide bonds. The molecular weight excluding hydrogens is 386 g/mol. The van der Waals surface area contributed by atoms with Crippen molar-refractivity contribution in [2.45, 2.75) is 13.0 Å². The highest BCUT2D eigenvalue weighted by Crippen LogP contribution is 2.25. The smallest absolute Gasteiger partial charge is 0.323 e. The van der Waals surface area contributed by atoms with E-state index in [4.69, 9.17) is 4.74 Å². The molecule has 0 spiro atoms. The van der Waals surface area contributed by atoms with Gasteiger partial charge in [-0.2, -0.15) is 0 Å². The molecule has 0 atom stereocenters. The highest BCUT2D eigenvalue weighted by Gasteiger charge is 2.22. The van der Waals surface area contributed by atoms with E-state index >= 15 is 0 Å². The van der Waals surface area contributed by atoms with Crippen LogP contribution in [0.4, 0.5) is 16.2 Å². The van der Waals surface area contributed by atoms with Crippen molar-refractivity contribution in [2.24, 2.45) is 0 Å². The summed E-state index contributed by atoms with van der Waals surface area (Å²) >= 11 is 1.46. The topological polar surface area (TPSA) is 70.7 Å². The summed E-state index contributed by atoms with van der Waals surface area (Å²) in [6, 6.07) is 16.4. The molecule has 6 nitrogen and oxygen atoms in total. The summed E-state index contributed by atoms with van der Waals surface area (Å²) < 4.78 is 5.17. The number of anilines is 2. The molecule has 0 saturated carbocycles. The molecule has 0 unspecified atom stereocenters. The molecule has 0 fully saturated rings. The minimum atomic E-state index is -0.333. The summed E-state index contributed by atoms with van der Waals surface area (Å²) in [5, 5.41) is 7.57. The van der Waals surface area contributed by atoms with E-state index in [0.29, 0.717) is 30.2 Å². The molecule has 3 aromatic rings. The van der Waals surface area contributed by atoms with E-state index in [2.05, 4.69) is 10.6 Å². The quantitative estimate of drug-likeness (QED) is 0.664. The standard InChI is InChI=1S/C22H21N3O3S/c1-28-19-5-2-4-17(13-19)23-22(27)24-18-8-7-15-9-10-25(14-16(15)12-18)21(26)20-6-3-11-29-20/h2-8,11-13H,9-10,14H2,1H3,(H2,23,24,27). The second-order valence-corrected chi connectivity index (χ2v) is 7.70. The number of nitrogens with one attached hydrogen (secondary N) is 2. The van der Waals surface area contributed by atoms with E-state index in [-0.39, 0.29) is 11.9 Å².